The van der Waals surface area contributed by atoms with Crippen LogP contribution in [-0.4, -0.2) is 34.9 Å². The maximum atomic E-state index is 12.9. The highest BCUT2D eigenvalue weighted by atomic mass is 16.6. The van der Waals surface area contributed by atoms with Crippen molar-refractivity contribution in [3.8, 4) is 0 Å². The van der Waals surface area contributed by atoms with E-state index in [2.05, 4.69) is 0 Å². The summed E-state index contributed by atoms with van der Waals surface area (Å²) in [6.07, 6.45) is 0.0209. The zero-order chi connectivity index (χ0) is 18.9. The maximum absolute atomic E-state index is 12.9. The average molecular weight is 356 g/mol. The molecule has 0 aromatic heterocycles. The first-order valence-electron chi connectivity index (χ1n) is 8.25. The van der Waals surface area contributed by atoms with Crippen LogP contribution in [0.3, 0.4) is 0 Å². The van der Waals surface area contributed by atoms with Gasteiger partial charge in [-0.3, -0.25) is 19.7 Å². The number of ether oxygens (including phenoxy) is 1. The highest BCUT2D eigenvalue weighted by molar-refractivity contribution is 5.98. The van der Waals surface area contributed by atoms with Gasteiger partial charge < -0.3 is 9.64 Å². The number of carbonyl (C=O) groups excluding carboxylic acids is 2. The number of nitrogens with zero attached hydrogens (tertiary/aromatic N) is 2. The summed E-state index contributed by atoms with van der Waals surface area (Å²) in [7, 11) is 0. The lowest BCUT2D eigenvalue weighted by Crippen LogP contribution is -2.33. The number of hydrogen-bond acceptors (Lipinski definition) is 5. The molecule has 26 heavy (non-hydrogen) atoms. The Bertz CT molecular complexity index is 777. The van der Waals surface area contributed by atoms with Crippen molar-refractivity contribution in [2.75, 3.05) is 13.2 Å². The minimum absolute atomic E-state index is 0.00251. The van der Waals surface area contributed by atoms with Crippen LogP contribution in [0.25, 0.3) is 0 Å². The van der Waals surface area contributed by atoms with Gasteiger partial charge in [-0.1, -0.05) is 42.5 Å². The molecule has 0 saturated heterocycles. The molecule has 7 heteroatoms. The molecule has 0 fully saturated rings. The smallest absolute Gasteiger partial charge is 0.307 e. The average Bonchev–Trinajstić information content (AvgIpc) is 2.65. The van der Waals surface area contributed by atoms with E-state index in [1.165, 1.54) is 23.1 Å². The Morgan fingerprint density at radius 1 is 1.08 bits per heavy atom. The van der Waals surface area contributed by atoms with Gasteiger partial charge in [0.2, 0.25) is 0 Å². The van der Waals surface area contributed by atoms with Gasteiger partial charge in [0, 0.05) is 19.2 Å². The summed E-state index contributed by atoms with van der Waals surface area (Å²) >= 11 is 0. The number of nitro benzene ring substituents is 1. The van der Waals surface area contributed by atoms with Crippen LogP contribution in [0.1, 0.15) is 29.3 Å². The van der Waals surface area contributed by atoms with Crippen molar-refractivity contribution in [2.45, 2.75) is 19.9 Å². The summed E-state index contributed by atoms with van der Waals surface area (Å²) in [6.45, 7) is 2.32. The fraction of sp³-hybridized carbons (Fsp3) is 0.263. The Morgan fingerprint density at radius 3 is 2.38 bits per heavy atom. The lowest BCUT2D eigenvalue weighted by molar-refractivity contribution is -0.385. The van der Waals surface area contributed by atoms with Crippen molar-refractivity contribution < 1.29 is 19.2 Å². The van der Waals surface area contributed by atoms with E-state index in [9.17, 15) is 19.7 Å². The molecule has 0 atom stereocenters. The summed E-state index contributed by atoms with van der Waals surface area (Å²) in [5.41, 5.74) is 0.604. The van der Waals surface area contributed by atoms with Gasteiger partial charge in [-0.05, 0) is 18.6 Å². The van der Waals surface area contributed by atoms with E-state index in [0.717, 1.165) is 5.56 Å². The van der Waals surface area contributed by atoms with Gasteiger partial charge in [0.1, 0.15) is 5.56 Å². The number of nitro groups is 1. The van der Waals surface area contributed by atoms with E-state index < -0.39 is 16.8 Å². The third-order valence-electron chi connectivity index (χ3n) is 3.73. The Labute approximate surface area is 151 Å². The Morgan fingerprint density at radius 2 is 1.73 bits per heavy atom. The minimum atomic E-state index is -0.584. The summed E-state index contributed by atoms with van der Waals surface area (Å²) in [6, 6.07) is 15.0. The monoisotopic (exact) mass is 356 g/mol. The number of carbonyl (C=O) groups is 2. The SMILES string of the molecule is CCOC(=O)CCN(Cc1ccccc1)C(=O)c1ccccc1[N+](=O)[O-]. The second-order valence-corrected chi connectivity index (χ2v) is 5.54. The quantitative estimate of drug-likeness (QED) is 0.412. The van der Waals surface area contributed by atoms with Gasteiger partial charge in [-0.25, -0.2) is 0 Å². The van der Waals surface area contributed by atoms with Crippen molar-refractivity contribution in [3.05, 3.63) is 75.8 Å². The van der Waals surface area contributed by atoms with Crippen LogP contribution >= 0.6 is 0 Å². The number of esters is 1. The first-order chi connectivity index (χ1) is 12.5. The van der Waals surface area contributed by atoms with Crippen molar-refractivity contribution in [3.63, 3.8) is 0 Å². The maximum Gasteiger partial charge on any atom is 0.307 e. The number of rotatable bonds is 8. The van der Waals surface area contributed by atoms with Crippen LogP contribution in [0.4, 0.5) is 5.69 Å². The first kappa shape index (κ1) is 19.1. The second-order valence-electron chi connectivity index (χ2n) is 5.54. The fourth-order valence-corrected chi connectivity index (χ4v) is 2.50. The Hall–Kier alpha value is -3.22. The summed E-state index contributed by atoms with van der Waals surface area (Å²) < 4.78 is 4.90. The van der Waals surface area contributed by atoms with E-state index in [-0.39, 0.29) is 37.4 Å². The zero-order valence-corrected chi connectivity index (χ0v) is 14.5. The van der Waals surface area contributed by atoms with E-state index in [0.29, 0.717) is 0 Å². The molecule has 2 aromatic rings. The lowest BCUT2D eigenvalue weighted by Gasteiger charge is -2.22. The van der Waals surface area contributed by atoms with Gasteiger partial charge in [0.05, 0.1) is 18.0 Å². The van der Waals surface area contributed by atoms with Crippen molar-refractivity contribution >= 4 is 17.6 Å². The molecule has 0 spiro atoms. The van der Waals surface area contributed by atoms with Crippen molar-refractivity contribution in [2.24, 2.45) is 0 Å². The summed E-state index contributed by atoms with van der Waals surface area (Å²) in [4.78, 5) is 36.6. The molecule has 0 N–H and O–H groups in total. The molecule has 0 radical (unpaired) electrons. The predicted octanol–water partition coefficient (Wildman–Crippen LogP) is 3.19. The highest BCUT2D eigenvalue weighted by Gasteiger charge is 2.25. The second kappa shape index (κ2) is 9.31. The molecule has 0 bridgehead atoms. The standard InChI is InChI=1S/C19H20N2O5/c1-2-26-18(22)12-13-20(14-15-8-4-3-5-9-15)19(23)16-10-6-7-11-17(16)21(24)25/h3-11H,2,12-14H2,1H3. The molecular weight excluding hydrogens is 336 g/mol. The number of para-hydroxylation sites is 1. The van der Waals surface area contributed by atoms with Gasteiger partial charge in [-0.2, -0.15) is 0 Å². The molecule has 0 aliphatic heterocycles. The van der Waals surface area contributed by atoms with Crippen molar-refractivity contribution in [1.82, 2.24) is 4.90 Å². The first-order valence-corrected chi connectivity index (χ1v) is 8.25. The molecule has 7 nitrogen and oxygen atoms in total. The lowest BCUT2D eigenvalue weighted by atomic mass is 10.1. The molecule has 0 aliphatic rings. The fourth-order valence-electron chi connectivity index (χ4n) is 2.50. The molecule has 1 amide bonds. The molecule has 0 saturated carbocycles. The minimum Gasteiger partial charge on any atom is -0.466 e. The molecule has 0 unspecified atom stereocenters. The van der Waals surface area contributed by atoms with Crippen LogP contribution in [0.2, 0.25) is 0 Å². The van der Waals surface area contributed by atoms with Crippen molar-refractivity contribution in [1.29, 1.82) is 0 Å². The topological polar surface area (TPSA) is 89.8 Å². The van der Waals surface area contributed by atoms with Gasteiger partial charge in [0.25, 0.3) is 11.6 Å². The third-order valence-corrected chi connectivity index (χ3v) is 3.73. The Balaban J connectivity index is 2.25. The molecule has 0 aliphatic carbocycles. The summed E-state index contributed by atoms with van der Waals surface area (Å²) in [5, 5.41) is 11.2. The van der Waals surface area contributed by atoms with E-state index >= 15 is 0 Å². The van der Waals surface area contributed by atoms with Gasteiger partial charge in [0.15, 0.2) is 0 Å². The van der Waals surface area contributed by atoms with Gasteiger partial charge in [-0.15, -0.1) is 0 Å². The zero-order valence-electron chi connectivity index (χ0n) is 14.5. The summed E-state index contributed by atoms with van der Waals surface area (Å²) in [5.74, 6) is -0.911. The molecule has 0 heterocycles. The molecule has 2 aromatic carbocycles. The molecular formula is C19H20N2O5. The van der Waals surface area contributed by atoms with E-state index in [4.69, 9.17) is 4.74 Å². The van der Waals surface area contributed by atoms with Crippen LogP contribution in [0, 0.1) is 10.1 Å². The molecule has 2 rings (SSSR count). The van der Waals surface area contributed by atoms with E-state index in [1.807, 2.05) is 30.3 Å². The highest BCUT2D eigenvalue weighted by Crippen LogP contribution is 2.21. The van der Waals surface area contributed by atoms with Gasteiger partial charge >= 0.3 is 5.97 Å². The van der Waals surface area contributed by atoms with Crippen LogP contribution in [0.5, 0.6) is 0 Å². The number of hydrogen-bond donors (Lipinski definition) is 0. The van der Waals surface area contributed by atoms with E-state index in [1.54, 1.807) is 13.0 Å². The normalized spacial score (nSPS) is 10.2. The van der Waals surface area contributed by atoms with Crippen LogP contribution in [-0.2, 0) is 16.1 Å². The number of benzene rings is 2. The van der Waals surface area contributed by atoms with Crippen LogP contribution < -0.4 is 0 Å². The third kappa shape index (κ3) is 5.14. The predicted molar refractivity (Wildman–Crippen MR) is 95.5 cm³/mol. The number of amides is 1. The molecule has 136 valence electrons. The largest absolute Gasteiger partial charge is 0.466 e. The Kier molecular flexibility index (Phi) is 6.84. The van der Waals surface area contributed by atoms with Crippen LogP contribution in [0.15, 0.2) is 54.6 Å².